The molecule has 0 amide bonds. The van der Waals surface area contributed by atoms with Crippen LogP contribution in [0.1, 0.15) is 0 Å². The molecule has 2 heteroatoms. The fourth-order valence-electron chi connectivity index (χ4n) is 0.325. The van der Waals surface area contributed by atoms with Gasteiger partial charge in [-0.2, -0.15) is 0 Å². The van der Waals surface area contributed by atoms with E-state index in [1.165, 1.54) is 0 Å². The molecule has 32 valence electrons. The van der Waals surface area contributed by atoms with Crippen molar-refractivity contribution < 1.29 is 0 Å². The molecule has 0 radical (unpaired) electrons. The van der Waals surface area contributed by atoms with Gasteiger partial charge in [0.1, 0.15) is 0 Å². The molecule has 0 bridgehead atoms. The summed E-state index contributed by atoms with van der Waals surface area (Å²) in [7, 11) is 0. The second-order valence-corrected chi connectivity index (χ2v) is 2.03. The van der Waals surface area contributed by atoms with Crippen molar-refractivity contribution >= 4 is 16.2 Å². The Balaban J connectivity index is 3.05. The van der Waals surface area contributed by atoms with Gasteiger partial charge in [0, 0.05) is 0 Å². The van der Waals surface area contributed by atoms with Crippen LogP contribution in [0, 0.1) is 0 Å². The summed E-state index contributed by atoms with van der Waals surface area (Å²) in [5.41, 5.74) is 0. The Kier molecular flexibility index (Phi) is 0.992. The first kappa shape index (κ1) is 3.97. The van der Waals surface area contributed by atoms with Gasteiger partial charge in [-0.1, -0.05) is 0 Å². The van der Waals surface area contributed by atoms with Crippen LogP contribution in [0.25, 0.3) is 0 Å². The average molecular weight is 146 g/mol. The molecule has 1 aromatic rings. The minimum atomic E-state index is 1.94. The van der Waals surface area contributed by atoms with E-state index in [9.17, 15) is 0 Å². The van der Waals surface area contributed by atoms with Gasteiger partial charge in [0.2, 0.25) is 0 Å². The Labute approximate surface area is 45.0 Å². The SMILES string of the molecule is [SeH]n1cccc1. The van der Waals surface area contributed by atoms with Crippen molar-refractivity contribution in [3.05, 3.63) is 24.5 Å². The van der Waals surface area contributed by atoms with E-state index in [-0.39, 0.29) is 0 Å². The summed E-state index contributed by atoms with van der Waals surface area (Å²) >= 11 is 2.40. The van der Waals surface area contributed by atoms with Gasteiger partial charge in [0.05, 0.1) is 0 Å². The van der Waals surface area contributed by atoms with E-state index in [0.717, 1.165) is 0 Å². The first-order chi connectivity index (χ1) is 2.89. The van der Waals surface area contributed by atoms with Crippen molar-refractivity contribution in [1.29, 1.82) is 0 Å². The van der Waals surface area contributed by atoms with Gasteiger partial charge in [0.25, 0.3) is 0 Å². The molecule has 0 saturated heterocycles. The number of nitrogens with zero attached hydrogens (tertiary/aromatic N) is 1. The molecule has 0 fully saturated rings. The van der Waals surface area contributed by atoms with Crippen molar-refractivity contribution in [1.82, 2.24) is 3.58 Å². The summed E-state index contributed by atoms with van der Waals surface area (Å²) in [6, 6.07) is 3.97. The van der Waals surface area contributed by atoms with E-state index in [0.29, 0.717) is 0 Å². The Bertz CT molecular complexity index is 111. The molecule has 0 aliphatic heterocycles. The zero-order valence-electron chi connectivity index (χ0n) is 3.20. The molecule has 0 aliphatic carbocycles. The van der Waals surface area contributed by atoms with E-state index in [4.69, 9.17) is 0 Å². The van der Waals surface area contributed by atoms with Crippen molar-refractivity contribution in [2.45, 2.75) is 0 Å². The molecule has 0 saturated carbocycles. The van der Waals surface area contributed by atoms with Crippen LogP contribution in [-0.4, -0.2) is 19.8 Å². The van der Waals surface area contributed by atoms with Crippen LogP contribution in [0.15, 0.2) is 24.5 Å². The summed E-state index contributed by atoms with van der Waals surface area (Å²) in [5.74, 6) is 0. The number of aromatic nitrogens is 1. The third-order valence-electron chi connectivity index (χ3n) is 0.589. The summed E-state index contributed by atoms with van der Waals surface area (Å²) in [6.07, 6.45) is 3.94. The molecule has 0 N–H and O–H groups in total. The molecular weight excluding hydrogens is 141 g/mol. The summed E-state index contributed by atoms with van der Waals surface area (Å²) in [4.78, 5) is 0. The number of hydrogen-bond donors (Lipinski definition) is 0. The topological polar surface area (TPSA) is 4.93 Å². The Morgan fingerprint density at radius 3 is 1.83 bits per heavy atom. The predicted octanol–water partition coefficient (Wildman–Crippen LogP) is 0.152. The zero-order valence-corrected chi connectivity index (χ0v) is 5.08. The Hall–Kier alpha value is -0.201. The molecule has 1 rings (SSSR count). The van der Waals surface area contributed by atoms with Gasteiger partial charge in [0.15, 0.2) is 0 Å². The molecular formula is C4H5NSe. The fraction of sp³-hybridized carbons (Fsp3) is 0. The third kappa shape index (κ3) is 0.644. The monoisotopic (exact) mass is 147 g/mol. The first-order valence-electron chi connectivity index (χ1n) is 1.72. The predicted molar refractivity (Wildman–Crippen MR) is 27.0 cm³/mol. The van der Waals surface area contributed by atoms with Crippen molar-refractivity contribution in [3.63, 3.8) is 0 Å². The van der Waals surface area contributed by atoms with Crippen LogP contribution >= 0.6 is 0 Å². The van der Waals surface area contributed by atoms with Crippen molar-refractivity contribution in [2.24, 2.45) is 0 Å². The van der Waals surface area contributed by atoms with E-state index in [1.807, 2.05) is 28.1 Å². The van der Waals surface area contributed by atoms with E-state index >= 15 is 0 Å². The molecule has 0 spiro atoms. The molecule has 0 aromatic carbocycles. The minimum absolute atomic E-state index is 1.94. The molecule has 0 atom stereocenters. The van der Waals surface area contributed by atoms with E-state index in [2.05, 4.69) is 16.2 Å². The molecule has 6 heavy (non-hydrogen) atoms. The Morgan fingerprint density at radius 1 is 1.17 bits per heavy atom. The van der Waals surface area contributed by atoms with Gasteiger partial charge in [-0.25, -0.2) is 0 Å². The summed E-state index contributed by atoms with van der Waals surface area (Å²) in [5, 5.41) is 0. The summed E-state index contributed by atoms with van der Waals surface area (Å²) in [6.45, 7) is 0. The number of hydrogen-bond acceptors (Lipinski definition) is 0. The van der Waals surface area contributed by atoms with E-state index < -0.39 is 0 Å². The maximum absolute atomic E-state index is 2.40. The van der Waals surface area contributed by atoms with Gasteiger partial charge in [-0.05, 0) is 0 Å². The molecule has 1 nitrogen and oxygen atoms in total. The summed E-state index contributed by atoms with van der Waals surface area (Å²) < 4.78 is 1.94. The second kappa shape index (κ2) is 1.50. The second-order valence-electron chi connectivity index (χ2n) is 1.06. The van der Waals surface area contributed by atoms with Crippen LogP contribution in [-0.2, 0) is 0 Å². The van der Waals surface area contributed by atoms with Crippen LogP contribution in [0.5, 0.6) is 0 Å². The number of rotatable bonds is 0. The van der Waals surface area contributed by atoms with Crippen LogP contribution in [0.4, 0.5) is 0 Å². The van der Waals surface area contributed by atoms with Crippen LogP contribution < -0.4 is 0 Å². The zero-order chi connectivity index (χ0) is 4.41. The maximum atomic E-state index is 2.40. The Morgan fingerprint density at radius 2 is 1.67 bits per heavy atom. The van der Waals surface area contributed by atoms with Crippen LogP contribution in [0.2, 0.25) is 0 Å². The van der Waals surface area contributed by atoms with E-state index in [1.54, 1.807) is 0 Å². The molecule has 0 unspecified atom stereocenters. The third-order valence-corrected chi connectivity index (χ3v) is 1.15. The normalized spacial score (nSPS) is 8.83. The van der Waals surface area contributed by atoms with Gasteiger partial charge in [-0.3, -0.25) is 0 Å². The van der Waals surface area contributed by atoms with Crippen LogP contribution in [0.3, 0.4) is 0 Å². The first-order valence-corrected chi connectivity index (χ1v) is 2.56. The fourth-order valence-corrected chi connectivity index (χ4v) is 0.648. The van der Waals surface area contributed by atoms with Gasteiger partial charge >= 0.3 is 44.3 Å². The van der Waals surface area contributed by atoms with Crippen molar-refractivity contribution in [3.8, 4) is 0 Å². The molecule has 1 aromatic heterocycles. The van der Waals surface area contributed by atoms with Gasteiger partial charge < -0.3 is 0 Å². The van der Waals surface area contributed by atoms with Crippen molar-refractivity contribution in [2.75, 3.05) is 0 Å². The standard InChI is InChI=1S/C4H5NSe/c6-5-3-1-2-4-5/h1-4,6H. The quantitative estimate of drug-likeness (QED) is 0.459. The van der Waals surface area contributed by atoms with Gasteiger partial charge in [-0.15, -0.1) is 0 Å². The molecule has 0 aliphatic rings. The molecule has 1 heterocycles. The average Bonchev–Trinajstić information content (AvgIpc) is 1.86.